The number of nitriles is 1. The number of hydrogen-bond donors (Lipinski definition) is 1. The molecule has 0 spiro atoms. The van der Waals surface area contributed by atoms with E-state index >= 15 is 0 Å². The first-order chi connectivity index (χ1) is 9.11. The second-order valence-electron chi connectivity index (χ2n) is 4.19. The van der Waals surface area contributed by atoms with Gasteiger partial charge in [0.15, 0.2) is 0 Å². The number of anilines is 1. The van der Waals surface area contributed by atoms with Crippen molar-refractivity contribution in [1.29, 1.82) is 5.26 Å². The fraction of sp³-hybridized carbons (Fsp3) is 0.133. The highest BCUT2D eigenvalue weighted by Crippen LogP contribution is 2.22. The van der Waals surface area contributed by atoms with Gasteiger partial charge in [0, 0.05) is 11.3 Å². The molecule has 0 bridgehead atoms. The molecule has 2 aromatic rings. The van der Waals surface area contributed by atoms with Crippen molar-refractivity contribution in [3.8, 4) is 6.07 Å². The molecule has 0 fully saturated rings. The molecule has 0 aliphatic rings. The minimum absolute atomic E-state index is 0.0101. The van der Waals surface area contributed by atoms with E-state index in [0.717, 1.165) is 0 Å². The summed E-state index contributed by atoms with van der Waals surface area (Å²) in [5.74, 6) is -0.898. The van der Waals surface area contributed by atoms with Gasteiger partial charge in [-0.05, 0) is 31.2 Å². The molecule has 2 rings (SSSR count). The minimum atomic E-state index is -0.590. The molecule has 96 valence electrons. The van der Waals surface area contributed by atoms with E-state index in [2.05, 4.69) is 5.32 Å². The third-order valence-corrected chi connectivity index (χ3v) is 2.84. The molecule has 0 aliphatic carbocycles. The summed E-state index contributed by atoms with van der Waals surface area (Å²) in [7, 11) is 0. The zero-order valence-electron chi connectivity index (χ0n) is 10.3. The van der Waals surface area contributed by atoms with Gasteiger partial charge in [-0.15, -0.1) is 0 Å². The van der Waals surface area contributed by atoms with E-state index in [0.29, 0.717) is 11.3 Å². The Morgan fingerprint density at radius 3 is 2.47 bits per heavy atom. The highest BCUT2D eigenvalue weighted by molar-refractivity contribution is 5.49. The van der Waals surface area contributed by atoms with Crippen molar-refractivity contribution in [2.45, 2.75) is 13.0 Å². The maximum Gasteiger partial charge on any atom is 0.143 e. The highest BCUT2D eigenvalue weighted by atomic mass is 19.1. The lowest BCUT2D eigenvalue weighted by Crippen LogP contribution is -2.08. The van der Waals surface area contributed by atoms with Crippen LogP contribution < -0.4 is 5.32 Å². The molecule has 0 amide bonds. The van der Waals surface area contributed by atoms with Gasteiger partial charge >= 0.3 is 0 Å². The van der Waals surface area contributed by atoms with Crippen LogP contribution in [0.1, 0.15) is 24.1 Å². The van der Waals surface area contributed by atoms with Crippen LogP contribution in [0.25, 0.3) is 0 Å². The van der Waals surface area contributed by atoms with Crippen LogP contribution in [-0.2, 0) is 0 Å². The molecule has 0 heterocycles. The van der Waals surface area contributed by atoms with Crippen molar-refractivity contribution in [1.82, 2.24) is 0 Å². The molecule has 0 aromatic heterocycles. The molecule has 0 saturated heterocycles. The Kier molecular flexibility index (Phi) is 3.76. The van der Waals surface area contributed by atoms with Crippen molar-refractivity contribution < 1.29 is 8.78 Å². The Morgan fingerprint density at radius 1 is 1.11 bits per heavy atom. The predicted molar refractivity (Wildman–Crippen MR) is 69.6 cm³/mol. The number of benzene rings is 2. The molecule has 2 nitrogen and oxygen atoms in total. The van der Waals surface area contributed by atoms with Crippen LogP contribution in [0.2, 0.25) is 0 Å². The summed E-state index contributed by atoms with van der Waals surface area (Å²) >= 11 is 0. The smallest absolute Gasteiger partial charge is 0.143 e. The van der Waals surface area contributed by atoms with Crippen LogP contribution in [0.4, 0.5) is 14.5 Å². The van der Waals surface area contributed by atoms with Gasteiger partial charge in [0.05, 0.1) is 11.6 Å². The highest BCUT2D eigenvalue weighted by Gasteiger charge is 2.11. The van der Waals surface area contributed by atoms with Gasteiger partial charge in [0.2, 0.25) is 0 Å². The summed E-state index contributed by atoms with van der Waals surface area (Å²) in [6.45, 7) is 1.79. The molecule has 0 aliphatic heterocycles. The van der Waals surface area contributed by atoms with Gasteiger partial charge in [0.1, 0.15) is 17.7 Å². The van der Waals surface area contributed by atoms with Gasteiger partial charge in [-0.2, -0.15) is 5.26 Å². The van der Waals surface area contributed by atoms with Crippen LogP contribution in [0, 0.1) is 23.0 Å². The Bertz CT molecular complexity index is 632. The third kappa shape index (κ3) is 2.89. The standard InChI is InChI=1S/C15H12F2N2/c1-10(13-4-2-3-5-14(13)16)19-12-7-6-11(9-18)15(17)8-12/h2-8,10,19H,1H3. The fourth-order valence-corrected chi connectivity index (χ4v) is 1.85. The Balaban J connectivity index is 2.20. The number of rotatable bonds is 3. The summed E-state index contributed by atoms with van der Waals surface area (Å²) < 4.78 is 27.0. The van der Waals surface area contributed by atoms with E-state index in [1.807, 2.05) is 0 Å². The lowest BCUT2D eigenvalue weighted by atomic mass is 10.1. The first kappa shape index (κ1) is 13.0. The molecular formula is C15H12F2N2. The molecular weight excluding hydrogens is 246 g/mol. The van der Waals surface area contributed by atoms with Gasteiger partial charge in [-0.1, -0.05) is 18.2 Å². The minimum Gasteiger partial charge on any atom is -0.378 e. The van der Waals surface area contributed by atoms with Gasteiger partial charge in [0.25, 0.3) is 0 Å². The van der Waals surface area contributed by atoms with E-state index in [1.54, 1.807) is 37.3 Å². The Labute approximate surface area is 110 Å². The summed E-state index contributed by atoms with van der Waals surface area (Å²) in [5, 5.41) is 11.6. The molecule has 0 radical (unpaired) electrons. The van der Waals surface area contributed by atoms with Crippen molar-refractivity contribution in [2.75, 3.05) is 5.32 Å². The molecule has 0 saturated carbocycles. The lowest BCUT2D eigenvalue weighted by molar-refractivity contribution is 0.600. The molecule has 1 unspecified atom stereocenters. The molecule has 1 atom stereocenters. The third-order valence-electron chi connectivity index (χ3n) is 2.84. The molecule has 4 heteroatoms. The second kappa shape index (κ2) is 5.49. The first-order valence-corrected chi connectivity index (χ1v) is 5.82. The summed E-state index contributed by atoms with van der Waals surface area (Å²) in [6.07, 6.45) is 0. The van der Waals surface area contributed by atoms with Crippen LogP contribution in [0.15, 0.2) is 42.5 Å². The SMILES string of the molecule is CC(Nc1ccc(C#N)c(F)c1)c1ccccc1F. The van der Waals surface area contributed by atoms with E-state index < -0.39 is 5.82 Å². The maximum atomic E-state index is 13.6. The van der Waals surface area contributed by atoms with Gasteiger partial charge in [-0.3, -0.25) is 0 Å². The van der Waals surface area contributed by atoms with Crippen molar-refractivity contribution in [2.24, 2.45) is 0 Å². The summed E-state index contributed by atoms with van der Waals surface area (Å²) in [4.78, 5) is 0. The fourth-order valence-electron chi connectivity index (χ4n) is 1.85. The van der Waals surface area contributed by atoms with Crippen molar-refractivity contribution >= 4 is 5.69 Å². The Morgan fingerprint density at radius 2 is 1.84 bits per heavy atom. The predicted octanol–water partition coefficient (Wildman–Crippen LogP) is 4.01. The monoisotopic (exact) mass is 258 g/mol. The van der Waals surface area contributed by atoms with E-state index in [9.17, 15) is 8.78 Å². The zero-order chi connectivity index (χ0) is 13.8. The second-order valence-corrected chi connectivity index (χ2v) is 4.19. The van der Waals surface area contributed by atoms with Crippen LogP contribution >= 0.6 is 0 Å². The normalized spacial score (nSPS) is 11.7. The van der Waals surface area contributed by atoms with Crippen LogP contribution in [-0.4, -0.2) is 0 Å². The van der Waals surface area contributed by atoms with Crippen molar-refractivity contribution in [3.05, 3.63) is 65.2 Å². The van der Waals surface area contributed by atoms with E-state index in [1.165, 1.54) is 18.2 Å². The molecule has 19 heavy (non-hydrogen) atoms. The average Bonchev–Trinajstić information content (AvgIpc) is 2.39. The summed E-state index contributed by atoms with van der Waals surface area (Å²) in [6, 6.07) is 12.1. The number of nitrogens with zero attached hydrogens (tertiary/aromatic N) is 1. The molecule has 2 aromatic carbocycles. The topological polar surface area (TPSA) is 35.8 Å². The van der Waals surface area contributed by atoms with Crippen LogP contribution in [0.5, 0.6) is 0 Å². The van der Waals surface area contributed by atoms with Gasteiger partial charge < -0.3 is 5.32 Å². The average molecular weight is 258 g/mol. The Hall–Kier alpha value is -2.41. The quantitative estimate of drug-likeness (QED) is 0.902. The van der Waals surface area contributed by atoms with E-state index in [-0.39, 0.29) is 17.4 Å². The van der Waals surface area contributed by atoms with Crippen LogP contribution in [0.3, 0.4) is 0 Å². The lowest BCUT2D eigenvalue weighted by Gasteiger charge is -2.16. The zero-order valence-corrected chi connectivity index (χ0v) is 10.3. The first-order valence-electron chi connectivity index (χ1n) is 5.82. The van der Waals surface area contributed by atoms with Gasteiger partial charge in [-0.25, -0.2) is 8.78 Å². The molecule has 1 N–H and O–H groups in total. The van der Waals surface area contributed by atoms with E-state index in [4.69, 9.17) is 5.26 Å². The largest absolute Gasteiger partial charge is 0.378 e. The number of hydrogen-bond acceptors (Lipinski definition) is 2. The number of halogens is 2. The maximum absolute atomic E-state index is 13.6. The number of nitrogens with one attached hydrogen (secondary N) is 1. The van der Waals surface area contributed by atoms with Crippen molar-refractivity contribution in [3.63, 3.8) is 0 Å². The summed E-state index contributed by atoms with van der Waals surface area (Å²) in [5.41, 5.74) is 1.00.